The number of anilines is 1. The van der Waals surface area contributed by atoms with E-state index in [1.165, 1.54) is 7.11 Å². The third kappa shape index (κ3) is 3.76. The number of pyridine rings is 1. The number of halogens is 2. The van der Waals surface area contributed by atoms with E-state index in [1.807, 2.05) is 26.0 Å². The van der Waals surface area contributed by atoms with Crippen LogP contribution in [0.4, 0.5) is 5.69 Å². The summed E-state index contributed by atoms with van der Waals surface area (Å²) in [5.74, 6) is -0.201. The Morgan fingerprint density at radius 2 is 1.77 bits per heavy atom. The Kier molecular flexibility index (Phi) is 6.74. The zero-order chi connectivity index (χ0) is 19.6. The van der Waals surface area contributed by atoms with Crippen LogP contribution in [0.1, 0.15) is 46.7 Å². The van der Waals surface area contributed by atoms with Gasteiger partial charge in [0.15, 0.2) is 0 Å². The Balaban J connectivity index is 2.58. The summed E-state index contributed by atoms with van der Waals surface area (Å²) in [6.07, 6.45) is 1.57. The van der Waals surface area contributed by atoms with E-state index >= 15 is 0 Å². The van der Waals surface area contributed by atoms with Crippen LogP contribution >= 0.6 is 34.2 Å². The smallest absolute Gasteiger partial charge is 0.263 e. The second-order valence-corrected chi connectivity index (χ2v) is 7.57. The molecule has 0 atom stereocenters. The third-order valence-electron chi connectivity index (χ3n) is 4.42. The number of carbonyl (C=O) groups excluding carboxylic acids is 1. The summed E-state index contributed by atoms with van der Waals surface area (Å²) >= 11 is 8.66. The van der Waals surface area contributed by atoms with E-state index in [2.05, 4.69) is 27.9 Å². The van der Waals surface area contributed by atoms with Crippen molar-refractivity contribution in [1.82, 2.24) is 0 Å². The zero-order valence-electron chi connectivity index (χ0n) is 15.5. The molecule has 0 saturated carbocycles. The topological polar surface area (TPSA) is 65.3 Å². The molecule has 140 valence electrons. The molecule has 0 unspecified atom stereocenters. The molecule has 0 bridgehead atoms. The number of hydrogen-bond acceptors (Lipinski definition) is 3. The van der Waals surface area contributed by atoms with Crippen molar-refractivity contribution in [2.75, 3.05) is 12.4 Å². The Morgan fingerprint density at radius 3 is 2.23 bits per heavy atom. The van der Waals surface area contributed by atoms with E-state index in [9.17, 15) is 10.0 Å². The fraction of sp³-hybridized carbons (Fsp3) is 0.368. The predicted octanol–water partition coefficient (Wildman–Crippen LogP) is 4.58. The molecule has 0 fully saturated rings. The Morgan fingerprint density at radius 1 is 1.23 bits per heavy atom. The minimum absolute atomic E-state index is 0.131. The van der Waals surface area contributed by atoms with Crippen molar-refractivity contribution in [2.45, 2.75) is 40.5 Å². The van der Waals surface area contributed by atoms with Gasteiger partial charge < -0.3 is 15.3 Å². The lowest BCUT2D eigenvalue weighted by Crippen LogP contribution is -2.37. The van der Waals surface area contributed by atoms with Gasteiger partial charge in [-0.15, -0.1) is 0 Å². The van der Waals surface area contributed by atoms with Crippen LogP contribution in [0.3, 0.4) is 0 Å². The molecule has 7 heteroatoms. The molecule has 2 aromatic rings. The van der Waals surface area contributed by atoms with Crippen LogP contribution in [-0.4, -0.2) is 13.0 Å². The van der Waals surface area contributed by atoms with Crippen molar-refractivity contribution in [1.29, 1.82) is 0 Å². The highest BCUT2D eigenvalue weighted by Crippen LogP contribution is 2.33. The number of rotatable bonds is 5. The van der Waals surface area contributed by atoms with Crippen molar-refractivity contribution in [3.63, 3.8) is 0 Å². The van der Waals surface area contributed by atoms with E-state index in [-0.39, 0.29) is 22.0 Å². The lowest BCUT2D eigenvalue weighted by Gasteiger charge is -2.18. The Hall–Kier alpha value is -1.54. The molecule has 1 amide bonds. The molecular formula is C19H22ClIN2O3. The van der Waals surface area contributed by atoms with Gasteiger partial charge in [-0.1, -0.05) is 25.4 Å². The quantitative estimate of drug-likeness (QED) is 0.381. The van der Waals surface area contributed by atoms with Crippen LogP contribution in [0.25, 0.3) is 0 Å². The van der Waals surface area contributed by atoms with Gasteiger partial charge in [0, 0.05) is 23.1 Å². The number of nitrogens with zero attached hydrogens (tertiary/aromatic N) is 1. The molecular weight excluding hydrogens is 467 g/mol. The molecule has 0 radical (unpaired) electrons. The summed E-state index contributed by atoms with van der Waals surface area (Å²) in [6, 6.07) is 4.10. The maximum Gasteiger partial charge on any atom is 0.263 e. The second-order valence-electron chi connectivity index (χ2n) is 5.95. The fourth-order valence-electron chi connectivity index (χ4n) is 3.00. The number of nitrogens with one attached hydrogen (secondary N) is 1. The minimum atomic E-state index is -0.416. The van der Waals surface area contributed by atoms with Crippen LogP contribution in [0.2, 0.25) is 5.02 Å². The lowest BCUT2D eigenvalue weighted by atomic mass is 10.0. The number of amides is 1. The highest BCUT2D eigenvalue weighted by atomic mass is 127. The summed E-state index contributed by atoms with van der Waals surface area (Å²) in [4.78, 5) is 13.0. The monoisotopic (exact) mass is 488 g/mol. The number of methoxy groups -OCH3 is 1. The molecule has 1 aromatic heterocycles. The van der Waals surface area contributed by atoms with E-state index in [0.717, 1.165) is 33.2 Å². The van der Waals surface area contributed by atoms with E-state index in [0.29, 0.717) is 10.4 Å². The van der Waals surface area contributed by atoms with Gasteiger partial charge in [0.05, 0.1) is 7.11 Å². The molecule has 5 nitrogen and oxygen atoms in total. The van der Waals surface area contributed by atoms with Gasteiger partial charge >= 0.3 is 0 Å². The van der Waals surface area contributed by atoms with Crippen molar-refractivity contribution in [2.24, 2.45) is 0 Å². The first-order chi connectivity index (χ1) is 12.3. The number of carbonyl (C=O) groups is 1. The van der Waals surface area contributed by atoms with Crippen LogP contribution in [0, 0.1) is 22.6 Å². The van der Waals surface area contributed by atoms with Gasteiger partial charge in [0.1, 0.15) is 10.6 Å². The Labute approximate surface area is 172 Å². The van der Waals surface area contributed by atoms with Crippen molar-refractivity contribution in [3.8, 4) is 5.75 Å². The minimum Gasteiger partial charge on any atom is -0.618 e. The number of aryl methyl sites for hydroxylation is 2. The molecule has 0 aliphatic carbocycles. The van der Waals surface area contributed by atoms with Crippen LogP contribution in [-0.2, 0) is 12.8 Å². The zero-order valence-corrected chi connectivity index (χ0v) is 18.4. The average molecular weight is 489 g/mol. The normalized spacial score (nSPS) is 10.7. The molecule has 1 aromatic carbocycles. The molecule has 0 saturated heterocycles. The molecule has 1 heterocycles. The van der Waals surface area contributed by atoms with Gasteiger partial charge in [0.25, 0.3) is 5.91 Å². The molecule has 0 aliphatic rings. The molecule has 1 N–H and O–H groups in total. The number of ether oxygens (including phenoxy) is 1. The molecule has 0 aliphatic heterocycles. The summed E-state index contributed by atoms with van der Waals surface area (Å²) in [5.41, 5.74) is 3.58. The number of benzene rings is 1. The fourth-order valence-corrected chi connectivity index (χ4v) is 4.19. The first kappa shape index (κ1) is 20.8. The number of hydrogen-bond donors (Lipinski definition) is 1. The largest absolute Gasteiger partial charge is 0.618 e. The molecule has 0 spiro atoms. The van der Waals surface area contributed by atoms with E-state index in [4.69, 9.17) is 16.3 Å². The summed E-state index contributed by atoms with van der Waals surface area (Å²) in [7, 11) is 1.43. The van der Waals surface area contributed by atoms with Crippen LogP contribution < -0.4 is 14.8 Å². The SMILES string of the molecule is CCc1cc(I)cc(CC)c1NC(=O)c1c(Cl)c(OC)c(C)[n+]([O-])c1C. The lowest BCUT2D eigenvalue weighted by molar-refractivity contribution is -0.619. The van der Waals surface area contributed by atoms with Gasteiger partial charge in [-0.05, 0) is 58.7 Å². The maximum absolute atomic E-state index is 13.0. The summed E-state index contributed by atoms with van der Waals surface area (Å²) in [6.45, 7) is 7.27. The molecule has 26 heavy (non-hydrogen) atoms. The maximum atomic E-state index is 13.0. The Bertz CT molecular complexity index is 844. The van der Waals surface area contributed by atoms with E-state index < -0.39 is 5.91 Å². The summed E-state index contributed by atoms with van der Waals surface area (Å²) in [5, 5.41) is 15.5. The van der Waals surface area contributed by atoms with Gasteiger partial charge in [-0.2, -0.15) is 4.73 Å². The first-order valence-electron chi connectivity index (χ1n) is 8.35. The predicted molar refractivity (Wildman–Crippen MR) is 112 cm³/mol. The van der Waals surface area contributed by atoms with Crippen LogP contribution in [0.5, 0.6) is 5.75 Å². The van der Waals surface area contributed by atoms with Crippen LogP contribution in [0.15, 0.2) is 12.1 Å². The van der Waals surface area contributed by atoms with Gasteiger partial charge in [0.2, 0.25) is 17.1 Å². The highest BCUT2D eigenvalue weighted by molar-refractivity contribution is 14.1. The number of aromatic nitrogens is 1. The standard InChI is InChI=1S/C19H22ClIN2O3/c1-6-12-8-14(21)9-13(7-2)17(12)22-19(24)15-10(3)23(25)11(4)18(26-5)16(15)20/h8-9H,6-7H2,1-5H3,(H,22,24). The average Bonchev–Trinajstić information content (AvgIpc) is 2.61. The molecule has 2 rings (SSSR count). The van der Waals surface area contributed by atoms with E-state index in [1.54, 1.807) is 13.8 Å². The third-order valence-corrected chi connectivity index (χ3v) is 5.40. The first-order valence-corrected chi connectivity index (χ1v) is 9.81. The van der Waals surface area contributed by atoms with Crippen molar-refractivity contribution < 1.29 is 14.3 Å². The van der Waals surface area contributed by atoms with Gasteiger partial charge in [-0.25, -0.2) is 0 Å². The van der Waals surface area contributed by atoms with Crippen molar-refractivity contribution >= 4 is 45.8 Å². The highest BCUT2D eigenvalue weighted by Gasteiger charge is 2.28. The van der Waals surface area contributed by atoms with Crippen molar-refractivity contribution in [3.05, 3.63) is 54.0 Å². The van der Waals surface area contributed by atoms with Gasteiger partial charge in [-0.3, -0.25) is 4.79 Å². The summed E-state index contributed by atoms with van der Waals surface area (Å²) < 4.78 is 7.02. The second kappa shape index (κ2) is 8.43.